The van der Waals surface area contributed by atoms with Crippen LogP contribution < -0.4 is 10.6 Å². The van der Waals surface area contributed by atoms with E-state index < -0.39 is 26.4 Å². The van der Waals surface area contributed by atoms with Crippen LogP contribution >= 0.6 is 0 Å². The number of sulfone groups is 1. The Morgan fingerprint density at radius 2 is 1.83 bits per heavy atom. The van der Waals surface area contributed by atoms with Crippen LogP contribution in [0, 0.1) is 10.1 Å². The van der Waals surface area contributed by atoms with Crippen molar-refractivity contribution in [2.75, 3.05) is 32.2 Å². The second-order valence-electron chi connectivity index (χ2n) is 6.91. The summed E-state index contributed by atoms with van der Waals surface area (Å²) in [5.74, 6) is -0.850. The SMILES string of the molecule is CN(C)CC(=O)Nc1cccc(CNC(=O)c2cc([N+](=O)[O-])cc(S(C)(=O)=O)c2)c1. The maximum absolute atomic E-state index is 12.5. The van der Waals surface area contributed by atoms with Gasteiger partial charge in [0.05, 0.1) is 16.4 Å². The number of anilines is 1. The summed E-state index contributed by atoms with van der Waals surface area (Å²) in [5, 5.41) is 16.4. The Hall–Kier alpha value is -3.31. The quantitative estimate of drug-likeness (QED) is 0.473. The Labute approximate surface area is 174 Å². The number of likely N-dealkylation sites (N-methyl/N-ethyl adjacent to an activating group) is 1. The van der Waals surface area contributed by atoms with E-state index in [1.54, 1.807) is 43.3 Å². The summed E-state index contributed by atoms with van der Waals surface area (Å²) in [6, 6.07) is 9.85. The number of hydrogen-bond donors (Lipinski definition) is 2. The lowest BCUT2D eigenvalue weighted by Crippen LogP contribution is -2.27. The molecule has 10 nitrogen and oxygen atoms in total. The fourth-order valence-electron chi connectivity index (χ4n) is 2.57. The molecule has 0 aliphatic rings. The topological polar surface area (TPSA) is 139 Å². The second kappa shape index (κ2) is 9.46. The molecule has 0 radical (unpaired) electrons. The van der Waals surface area contributed by atoms with Gasteiger partial charge in [0.15, 0.2) is 9.84 Å². The van der Waals surface area contributed by atoms with Gasteiger partial charge in [0.25, 0.3) is 11.6 Å². The highest BCUT2D eigenvalue weighted by Crippen LogP contribution is 2.21. The predicted octanol–water partition coefficient (Wildman–Crippen LogP) is 1.43. The van der Waals surface area contributed by atoms with Gasteiger partial charge in [-0.05, 0) is 37.9 Å². The van der Waals surface area contributed by atoms with Crippen LogP contribution in [0.5, 0.6) is 0 Å². The standard InChI is InChI=1S/C19H22N4O6S/c1-22(2)12-18(24)21-15-6-4-5-13(7-15)11-20-19(25)14-8-16(23(26)27)10-17(9-14)30(3,28)29/h4-10H,11-12H2,1-3H3,(H,20,25)(H,21,24). The lowest BCUT2D eigenvalue weighted by Gasteiger charge is -2.11. The summed E-state index contributed by atoms with van der Waals surface area (Å²) in [6.45, 7) is 0.295. The van der Waals surface area contributed by atoms with Crippen molar-refractivity contribution in [3.05, 3.63) is 63.7 Å². The molecule has 2 aromatic carbocycles. The maximum atomic E-state index is 12.5. The molecule has 0 fully saturated rings. The lowest BCUT2D eigenvalue weighted by molar-refractivity contribution is -0.385. The first kappa shape index (κ1) is 23.0. The zero-order valence-electron chi connectivity index (χ0n) is 16.7. The van der Waals surface area contributed by atoms with Crippen LogP contribution in [0.4, 0.5) is 11.4 Å². The molecule has 160 valence electrons. The Bertz CT molecular complexity index is 1080. The van der Waals surface area contributed by atoms with E-state index >= 15 is 0 Å². The first-order valence-corrected chi connectivity index (χ1v) is 10.7. The van der Waals surface area contributed by atoms with Gasteiger partial charge >= 0.3 is 0 Å². The van der Waals surface area contributed by atoms with Gasteiger partial charge in [0.2, 0.25) is 5.91 Å². The van der Waals surface area contributed by atoms with E-state index in [1.165, 1.54) is 0 Å². The molecule has 0 aliphatic carbocycles. The van der Waals surface area contributed by atoms with Gasteiger partial charge in [-0.1, -0.05) is 12.1 Å². The number of rotatable bonds is 8. The van der Waals surface area contributed by atoms with Crippen molar-refractivity contribution in [1.82, 2.24) is 10.2 Å². The molecule has 0 aromatic heterocycles. The van der Waals surface area contributed by atoms with Crippen molar-refractivity contribution in [3.63, 3.8) is 0 Å². The third-order valence-electron chi connectivity index (χ3n) is 3.92. The first-order chi connectivity index (χ1) is 14.0. The highest BCUT2D eigenvalue weighted by Gasteiger charge is 2.19. The molecule has 0 atom stereocenters. The van der Waals surface area contributed by atoms with Crippen molar-refractivity contribution in [1.29, 1.82) is 0 Å². The minimum absolute atomic E-state index is 0.0765. The van der Waals surface area contributed by atoms with Crippen LogP contribution in [0.1, 0.15) is 15.9 Å². The molecule has 11 heteroatoms. The van der Waals surface area contributed by atoms with Crippen molar-refractivity contribution >= 4 is 33.0 Å². The maximum Gasteiger partial charge on any atom is 0.271 e. The number of nitrogens with zero attached hydrogens (tertiary/aromatic N) is 2. The molecule has 0 aliphatic heterocycles. The van der Waals surface area contributed by atoms with Crippen molar-refractivity contribution in [2.45, 2.75) is 11.4 Å². The third-order valence-corrected chi connectivity index (χ3v) is 5.01. The molecule has 0 bridgehead atoms. The number of non-ortho nitro benzene ring substituents is 1. The number of hydrogen-bond acceptors (Lipinski definition) is 7. The fourth-order valence-corrected chi connectivity index (χ4v) is 3.24. The monoisotopic (exact) mass is 434 g/mol. The number of nitro benzene ring substituents is 1. The van der Waals surface area contributed by atoms with E-state index in [-0.39, 0.29) is 29.5 Å². The summed E-state index contributed by atoms with van der Waals surface area (Å²) in [7, 11) is -0.191. The van der Waals surface area contributed by atoms with E-state index in [2.05, 4.69) is 10.6 Å². The zero-order valence-corrected chi connectivity index (χ0v) is 17.5. The summed E-state index contributed by atoms with van der Waals surface area (Å²) in [4.78, 5) is 36.0. The predicted molar refractivity (Wildman–Crippen MR) is 111 cm³/mol. The molecule has 0 saturated heterocycles. The molecule has 2 rings (SSSR count). The van der Waals surface area contributed by atoms with Crippen LogP contribution in [0.2, 0.25) is 0 Å². The number of amides is 2. The largest absolute Gasteiger partial charge is 0.348 e. The molecule has 0 unspecified atom stereocenters. The van der Waals surface area contributed by atoms with Crippen LogP contribution in [0.25, 0.3) is 0 Å². The minimum Gasteiger partial charge on any atom is -0.348 e. The zero-order chi connectivity index (χ0) is 22.5. The average molecular weight is 434 g/mol. The molecule has 0 saturated carbocycles. The van der Waals surface area contributed by atoms with Gasteiger partial charge in [-0.3, -0.25) is 19.7 Å². The highest BCUT2D eigenvalue weighted by atomic mass is 32.2. The van der Waals surface area contributed by atoms with Gasteiger partial charge in [-0.15, -0.1) is 0 Å². The number of nitrogens with one attached hydrogen (secondary N) is 2. The van der Waals surface area contributed by atoms with E-state index in [4.69, 9.17) is 0 Å². The molecule has 2 amide bonds. The van der Waals surface area contributed by atoms with E-state index in [0.29, 0.717) is 11.3 Å². The molecule has 30 heavy (non-hydrogen) atoms. The van der Waals surface area contributed by atoms with Crippen LogP contribution in [-0.4, -0.2) is 57.0 Å². The van der Waals surface area contributed by atoms with Crippen molar-refractivity contribution < 1.29 is 22.9 Å². The Kier molecular flexibility index (Phi) is 7.24. The van der Waals surface area contributed by atoms with Crippen LogP contribution in [0.15, 0.2) is 47.4 Å². The van der Waals surface area contributed by atoms with E-state index in [9.17, 15) is 28.1 Å². The van der Waals surface area contributed by atoms with Crippen LogP contribution in [0.3, 0.4) is 0 Å². The summed E-state index contributed by atoms with van der Waals surface area (Å²) in [6.07, 6.45) is 0.907. The second-order valence-corrected chi connectivity index (χ2v) is 8.93. The molecule has 2 aromatic rings. The summed E-state index contributed by atoms with van der Waals surface area (Å²) >= 11 is 0. The number of carbonyl (C=O) groups excluding carboxylic acids is 2. The molecule has 2 N–H and O–H groups in total. The van der Waals surface area contributed by atoms with Gasteiger partial charge in [0, 0.05) is 36.2 Å². The summed E-state index contributed by atoms with van der Waals surface area (Å²) < 4.78 is 23.5. The van der Waals surface area contributed by atoms with E-state index in [0.717, 1.165) is 24.5 Å². The smallest absolute Gasteiger partial charge is 0.271 e. The van der Waals surface area contributed by atoms with Crippen LogP contribution in [-0.2, 0) is 21.2 Å². The highest BCUT2D eigenvalue weighted by molar-refractivity contribution is 7.90. The number of benzene rings is 2. The van der Waals surface area contributed by atoms with Crippen molar-refractivity contribution in [2.24, 2.45) is 0 Å². The third kappa shape index (κ3) is 6.64. The first-order valence-electron chi connectivity index (χ1n) is 8.77. The Morgan fingerprint density at radius 1 is 1.13 bits per heavy atom. The molecule has 0 spiro atoms. The number of nitro groups is 1. The normalized spacial score (nSPS) is 11.2. The Balaban J connectivity index is 2.14. The molecular formula is C19H22N4O6S. The number of carbonyl (C=O) groups is 2. The van der Waals surface area contributed by atoms with Gasteiger partial charge in [-0.25, -0.2) is 8.42 Å². The van der Waals surface area contributed by atoms with E-state index in [1.807, 2.05) is 0 Å². The molecular weight excluding hydrogens is 412 g/mol. The van der Waals surface area contributed by atoms with Gasteiger partial charge < -0.3 is 15.5 Å². The lowest BCUT2D eigenvalue weighted by atomic mass is 10.1. The summed E-state index contributed by atoms with van der Waals surface area (Å²) in [5.41, 5.74) is 0.608. The van der Waals surface area contributed by atoms with Gasteiger partial charge in [-0.2, -0.15) is 0 Å². The average Bonchev–Trinajstić information content (AvgIpc) is 2.64. The van der Waals surface area contributed by atoms with Crippen molar-refractivity contribution in [3.8, 4) is 0 Å². The molecule has 0 heterocycles. The van der Waals surface area contributed by atoms with Gasteiger partial charge in [0.1, 0.15) is 0 Å². The fraction of sp³-hybridized carbons (Fsp3) is 0.263. The minimum atomic E-state index is -3.74. The Morgan fingerprint density at radius 3 is 2.43 bits per heavy atom.